The summed E-state index contributed by atoms with van der Waals surface area (Å²) in [5, 5.41) is 49.1. The van der Waals surface area contributed by atoms with Crippen LogP contribution in [-0.2, 0) is 14.4 Å². The molecule has 10 heteroatoms. The van der Waals surface area contributed by atoms with E-state index in [9.17, 15) is 14.4 Å². The first-order chi connectivity index (χ1) is 12.8. The fourth-order valence-electron chi connectivity index (χ4n) is 0.760. The van der Waals surface area contributed by atoms with Crippen LogP contribution in [0.15, 0.2) is 36.5 Å². The maximum Gasteiger partial charge on any atom is 0.330 e. The van der Waals surface area contributed by atoms with Gasteiger partial charge in [-0.25, -0.2) is 14.4 Å². The SMILES string of the molecule is C=C(C)C(=O)O.C=C(C)C(=O)O.C=C(C)C(=O)O.OCCN(CCO)CCO. The lowest BCUT2D eigenvalue weighted by Gasteiger charge is -2.17. The molecule has 0 bridgehead atoms. The Morgan fingerprint density at radius 1 is 0.607 bits per heavy atom. The monoisotopic (exact) mass is 407 g/mol. The molecule has 0 aromatic carbocycles. The Kier molecular flexibility index (Phi) is 26.6. The number of carbonyl (C=O) groups is 3. The van der Waals surface area contributed by atoms with Crippen LogP contribution in [0, 0.1) is 0 Å². The summed E-state index contributed by atoms with van der Waals surface area (Å²) in [5.74, 6) is -2.81. The molecule has 0 aliphatic rings. The van der Waals surface area contributed by atoms with Crippen molar-refractivity contribution in [2.45, 2.75) is 20.8 Å². The Morgan fingerprint density at radius 3 is 0.821 bits per heavy atom. The average molecular weight is 407 g/mol. The highest BCUT2D eigenvalue weighted by molar-refractivity contribution is 5.85. The number of aliphatic carboxylic acids is 3. The minimum Gasteiger partial charge on any atom is -0.478 e. The highest BCUT2D eigenvalue weighted by Crippen LogP contribution is 1.84. The molecule has 28 heavy (non-hydrogen) atoms. The van der Waals surface area contributed by atoms with Gasteiger partial charge in [-0.15, -0.1) is 0 Å². The van der Waals surface area contributed by atoms with Gasteiger partial charge in [-0.2, -0.15) is 0 Å². The maximum atomic E-state index is 9.60. The van der Waals surface area contributed by atoms with Crippen LogP contribution in [0.25, 0.3) is 0 Å². The van der Waals surface area contributed by atoms with Crippen molar-refractivity contribution in [3.05, 3.63) is 36.5 Å². The van der Waals surface area contributed by atoms with Gasteiger partial charge in [0.25, 0.3) is 0 Å². The predicted octanol–water partition coefficient (Wildman–Crippen LogP) is 0.207. The predicted molar refractivity (Wildman–Crippen MR) is 105 cm³/mol. The quantitative estimate of drug-likeness (QED) is 0.290. The molecule has 0 heterocycles. The topological polar surface area (TPSA) is 176 Å². The van der Waals surface area contributed by atoms with Gasteiger partial charge >= 0.3 is 17.9 Å². The molecular formula is C18H33NO9. The van der Waals surface area contributed by atoms with Crippen molar-refractivity contribution in [2.24, 2.45) is 0 Å². The summed E-state index contributed by atoms with van der Waals surface area (Å²) in [4.78, 5) is 30.6. The molecule has 10 nitrogen and oxygen atoms in total. The van der Waals surface area contributed by atoms with Crippen LogP contribution in [0.3, 0.4) is 0 Å². The van der Waals surface area contributed by atoms with E-state index in [1.165, 1.54) is 20.8 Å². The third-order valence-electron chi connectivity index (χ3n) is 2.34. The zero-order valence-electron chi connectivity index (χ0n) is 16.7. The zero-order valence-corrected chi connectivity index (χ0v) is 16.7. The molecule has 0 saturated heterocycles. The van der Waals surface area contributed by atoms with Gasteiger partial charge in [0.2, 0.25) is 0 Å². The van der Waals surface area contributed by atoms with Crippen LogP contribution in [0.2, 0.25) is 0 Å². The highest BCUT2D eigenvalue weighted by atomic mass is 16.4. The molecular weight excluding hydrogens is 374 g/mol. The Balaban J connectivity index is -0.000000142. The second-order valence-electron chi connectivity index (χ2n) is 5.27. The molecule has 0 radical (unpaired) electrons. The van der Waals surface area contributed by atoms with Crippen molar-refractivity contribution < 1.29 is 45.0 Å². The van der Waals surface area contributed by atoms with Crippen LogP contribution in [0.4, 0.5) is 0 Å². The molecule has 0 spiro atoms. The van der Waals surface area contributed by atoms with Crippen molar-refractivity contribution in [1.29, 1.82) is 0 Å². The van der Waals surface area contributed by atoms with Crippen LogP contribution in [0.1, 0.15) is 20.8 Å². The first-order valence-corrected chi connectivity index (χ1v) is 7.99. The zero-order chi connectivity index (χ0) is 23.3. The number of hydrogen-bond acceptors (Lipinski definition) is 7. The number of rotatable bonds is 9. The summed E-state index contributed by atoms with van der Waals surface area (Å²) in [5.41, 5.74) is 0.528. The number of aliphatic hydroxyl groups excluding tert-OH is 3. The summed E-state index contributed by atoms with van der Waals surface area (Å²) < 4.78 is 0. The standard InChI is InChI=1S/C6H15NO3.3C4H6O2/c8-4-1-7(2-5-9)3-6-10;3*1-3(2)4(5)6/h8-10H,1-6H2;3*1H2,2H3,(H,5,6). The van der Waals surface area contributed by atoms with Crippen molar-refractivity contribution in [3.63, 3.8) is 0 Å². The number of aliphatic hydroxyl groups is 3. The van der Waals surface area contributed by atoms with Crippen LogP contribution in [-0.4, -0.2) is 92.9 Å². The van der Waals surface area contributed by atoms with Crippen molar-refractivity contribution in [2.75, 3.05) is 39.5 Å². The van der Waals surface area contributed by atoms with Crippen LogP contribution >= 0.6 is 0 Å². The third kappa shape index (κ3) is 34.7. The van der Waals surface area contributed by atoms with Crippen molar-refractivity contribution >= 4 is 17.9 Å². The first kappa shape index (κ1) is 33.1. The third-order valence-corrected chi connectivity index (χ3v) is 2.34. The average Bonchev–Trinajstić information content (AvgIpc) is 2.57. The summed E-state index contributed by atoms with van der Waals surface area (Å²) in [6, 6.07) is 0. The molecule has 0 atom stereocenters. The molecule has 0 unspecified atom stereocenters. The van der Waals surface area contributed by atoms with Gasteiger partial charge in [0.1, 0.15) is 0 Å². The lowest BCUT2D eigenvalue weighted by molar-refractivity contribution is -0.133. The molecule has 6 N–H and O–H groups in total. The molecule has 0 saturated carbocycles. The highest BCUT2D eigenvalue weighted by Gasteiger charge is 2.00. The fourth-order valence-corrected chi connectivity index (χ4v) is 0.760. The van der Waals surface area contributed by atoms with Gasteiger partial charge in [-0.3, -0.25) is 4.90 Å². The van der Waals surface area contributed by atoms with Gasteiger partial charge in [-0.05, 0) is 20.8 Å². The number of nitrogens with zero attached hydrogens (tertiary/aromatic N) is 1. The summed E-state index contributed by atoms with van der Waals surface area (Å²) in [7, 11) is 0. The lowest BCUT2D eigenvalue weighted by Crippen LogP contribution is -2.32. The Bertz CT molecular complexity index is 394. The van der Waals surface area contributed by atoms with E-state index in [1.807, 2.05) is 0 Å². The number of carboxylic acids is 3. The molecule has 0 rings (SSSR count). The van der Waals surface area contributed by atoms with E-state index in [0.29, 0.717) is 19.6 Å². The first-order valence-electron chi connectivity index (χ1n) is 7.99. The van der Waals surface area contributed by atoms with Gasteiger partial charge < -0.3 is 30.6 Å². The summed E-state index contributed by atoms with van der Waals surface area (Å²) in [6.07, 6.45) is 0. The minimum absolute atomic E-state index is 0.0694. The van der Waals surface area contributed by atoms with E-state index in [-0.39, 0.29) is 36.5 Å². The largest absolute Gasteiger partial charge is 0.478 e. The van der Waals surface area contributed by atoms with Gasteiger partial charge in [0, 0.05) is 36.4 Å². The molecule has 0 aromatic rings. The summed E-state index contributed by atoms with van der Waals surface area (Å²) >= 11 is 0. The van der Waals surface area contributed by atoms with E-state index < -0.39 is 17.9 Å². The number of hydrogen-bond donors (Lipinski definition) is 6. The van der Waals surface area contributed by atoms with Crippen molar-refractivity contribution in [3.8, 4) is 0 Å². The normalized spacial score (nSPS) is 8.68. The van der Waals surface area contributed by atoms with Crippen LogP contribution < -0.4 is 0 Å². The van der Waals surface area contributed by atoms with Gasteiger partial charge in [0.15, 0.2) is 0 Å². The number of carboxylic acid groups (broad SMARTS) is 3. The second-order valence-corrected chi connectivity index (χ2v) is 5.27. The molecule has 0 fully saturated rings. The molecule has 0 aromatic heterocycles. The van der Waals surface area contributed by atoms with E-state index in [4.69, 9.17) is 30.6 Å². The minimum atomic E-state index is -0.935. The molecule has 164 valence electrons. The van der Waals surface area contributed by atoms with E-state index >= 15 is 0 Å². The maximum absolute atomic E-state index is 9.60. The molecule has 0 aliphatic heterocycles. The van der Waals surface area contributed by atoms with E-state index in [0.717, 1.165) is 0 Å². The second kappa shape index (κ2) is 22.5. The smallest absolute Gasteiger partial charge is 0.330 e. The van der Waals surface area contributed by atoms with Gasteiger partial charge in [-0.1, -0.05) is 19.7 Å². The van der Waals surface area contributed by atoms with Crippen LogP contribution in [0.5, 0.6) is 0 Å². The lowest BCUT2D eigenvalue weighted by atomic mass is 10.4. The fraction of sp³-hybridized carbons (Fsp3) is 0.500. The molecule has 0 amide bonds. The Labute approximate surface area is 165 Å². The van der Waals surface area contributed by atoms with Crippen molar-refractivity contribution in [1.82, 2.24) is 4.90 Å². The Morgan fingerprint density at radius 2 is 0.750 bits per heavy atom. The van der Waals surface area contributed by atoms with E-state index in [2.05, 4.69) is 19.7 Å². The summed E-state index contributed by atoms with van der Waals surface area (Å²) in [6.45, 7) is 15.6. The van der Waals surface area contributed by atoms with Gasteiger partial charge in [0.05, 0.1) is 19.8 Å². The van der Waals surface area contributed by atoms with E-state index in [1.54, 1.807) is 4.90 Å². The Hall–Kier alpha value is -2.53. The molecule has 0 aliphatic carbocycles.